The normalized spacial score (nSPS) is 23.2. The largest absolute Gasteiger partial charge is 0.416 e. The number of rotatable bonds is 3. The summed E-state index contributed by atoms with van der Waals surface area (Å²) in [5.41, 5.74) is 0. The highest BCUT2D eigenvalue weighted by molar-refractivity contribution is 5.80. The number of aliphatic hydroxyl groups excluding tert-OH is 1. The van der Waals surface area contributed by atoms with E-state index in [1.807, 2.05) is 0 Å². The molecule has 0 aromatic heterocycles. The molecule has 1 saturated heterocycles. The first-order chi connectivity index (χ1) is 7.32. The Kier molecular flexibility index (Phi) is 4.15. The van der Waals surface area contributed by atoms with Crippen molar-refractivity contribution in [1.82, 2.24) is 4.90 Å². The van der Waals surface area contributed by atoms with Gasteiger partial charge in [-0.15, -0.1) is 0 Å². The van der Waals surface area contributed by atoms with Crippen LogP contribution in [0.3, 0.4) is 0 Å². The molecular weight excluding hydrogens is 227 g/mol. The van der Waals surface area contributed by atoms with Crippen LogP contribution >= 0.6 is 0 Å². The van der Waals surface area contributed by atoms with Gasteiger partial charge in [0.2, 0.25) is 0 Å². The van der Waals surface area contributed by atoms with Crippen LogP contribution in [0.5, 0.6) is 0 Å². The number of carbonyl (C=O) groups is 1. The third-order valence-corrected chi connectivity index (χ3v) is 2.41. The quantitative estimate of drug-likeness (QED) is 0.785. The molecule has 1 N–H and O–H groups in total. The third kappa shape index (κ3) is 3.34. The van der Waals surface area contributed by atoms with Crippen molar-refractivity contribution < 1.29 is 27.8 Å². The van der Waals surface area contributed by atoms with Crippen molar-refractivity contribution in [1.29, 1.82) is 0 Å². The van der Waals surface area contributed by atoms with Crippen LogP contribution in [0.2, 0.25) is 0 Å². The summed E-state index contributed by atoms with van der Waals surface area (Å²) in [5, 5.41) is 8.79. The van der Waals surface area contributed by atoms with E-state index in [1.54, 1.807) is 0 Å². The van der Waals surface area contributed by atoms with Gasteiger partial charge in [0.1, 0.15) is 6.10 Å². The Balaban J connectivity index is 2.45. The second-order valence-corrected chi connectivity index (χ2v) is 3.78. The van der Waals surface area contributed by atoms with E-state index in [1.165, 1.54) is 7.05 Å². The highest BCUT2D eigenvalue weighted by atomic mass is 19.4. The Morgan fingerprint density at radius 1 is 1.62 bits per heavy atom. The van der Waals surface area contributed by atoms with E-state index in [4.69, 9.17) is 9.84 Å². The Labute approximate surface area is 91.0 Å². The van der Waals surface area contributed by atoms with Gasteiger partial charge in [-0.3, -0.25) is 4.79 Å². The van der Waals surface area contributed by atoms with Gasteiger partial charge in [0.25, 0.3) is 5.91 Å². The number of carbonyl (C=O) groups excluding carboxylic acids is 1. The number of alkyl halides is 3. The Bertz CT molecular complexity index is 251. The van der Waals surface area contributed by atoms with Crippen molar-refractivity contribution >= 4 is 5.91 Å². The molecule has 1 fully saturated rings. The molecule has 2 atom stereocenters. The van der Waals surface area contributed by atoms with E-state index >= 15 is 0 Å². The highest BCUT2D eigenvalue weighted by Crippen LogP contribution is 2.21. The molecule has 7 heteroatoms. The van der Waals surface area contributed by atoms with Gasteiger partial charge < -0.3 is 14.7 Å². The summed E-state index contributed by atoms with van der Waals surface area (Å²) in [5.74, 6) is -0.513. The van der Waals surface area contributed by atoms with Gasteiger partial charge >= 0.3 is 6.18 Å². The van der Waals surface area contributed by atoms with Crippen LogP contribution in [-0.4, -0.2) is 54.5 Å². The van der Waals surface area contributed by atoms with E-state index in [9.17, 15) is 18.0 Å². The van der Waals surface area contributed by atoms with Gasteiger partial charge in [-0.2, -0.15) is 13.2 Å². The number of halogens is 3. The number of amides is 1. The van der Waals surface area contributed by atoms with Crippen LogP contribution < -0.4 is 0 Å². The van der Waals surface area contributed by atoms with Gasteiger partial charge in [0.15, 0.2) is 6.10 Å². The van der Waals surface area contributed by atoms with E-state index < -0.39 is 30.8 Å². The minimum atomic E-state index is -4.70. The molecule has 0 bridgehead atoms. The smallest absolute Gasteiger partial charge is 0.382 e. The van der Waals surface area contributed by atoms with Gasteiger partial charge in [-0.1, -0.05) is 0 Å². The predicted octanol–water partition coefficient (Wildman–Crippen LogP) is 0.547. The van der Waals surface area contributed by atoms with Crippen LogP contribution in [0.4, 0.5) is 13.2 Å². The summed E-state index contributed by atoms with van der Waals surface area (Å²) in [6, 6.07) is 0. The van der Waals surface area contributed by atoms with Gasteiger partial charge in [0, 0.05) is 13.7 Å². The molecule has 0 unspecified atom stereocenters. The maximum atomic E-state index is 12.0. The Hall–Kier alpha value is -0.820. The van der Waals surface area contributed by atoms with Crippen LogP contribution in [0.1, 0.15) is 12.8 Å². The summed E-state index contributed by atoms with van der Waals surface area (Å²) < 4.78 is 41.1. The molecule has 1 heterocycles. The second-order valence-electron chi connectivity index (χ2n) is 3.78. The lowest BCUT2D eigenvalue weighted by atomic mass is 10.2. The van der Waals surface area contributed by atoms with Gasteiger partial charge in [0.05, 0.1) is 6.54 Å². The monoisotopic (exact) mass is 241 g/mol. The summed E-state index contributed by atoms with van der Waals surface area (Å²) in [4.78, 5) is 12.4. The van der Waals surface area contributed by atoms with Crippen molar-refractivity contribution in [3.63, 3.8) is 0 Å². The van der Waals surface area contributed by atoms with E-state index in [0.717, 1.165) is 11.3 Å². The number of nitrogens with zero attached hydrogens (tertiary/aromatic N) is 1. The molecule has 0 spiro atoms. The molecular formula is C9H14F3NO3. The van der Waals surface area contributed by atoms with Crippen LogP contribution in [0.15, 0.2) is 0 Å². The van der Waals surface area contributed by atoms with Crippen molar-refractivity contribution in [2.24, 2.45) is 0 Å². The summed E-state index contributed by atoms with van der Waals surface area (Å²) >= 11 is 0. The third-order valence-electron chi connectivity index (χ3n) is 2.41. The minimum absolute atomic E-state index is 0.450. The van der Waals surface area contributed by atoms with Crippen molar-refractivity contribution in [3.8, 4) is 0 Å². The van der Waals surface area contributed by atoms with Gasteiger partial charge in [-0.25, -0.2) is 0 Å². The highest BCUT2D eigenvalue weighted by Gasteiger charge is 2.40. The van der Waals surface area contributed by atoms with Gasteiger partial charge in [-0.05, 0) is 12.8 Å². The topological polar surface area (TPSA) is 49.8 Å². The zero-order valence-electron chi connectivity index (χ0n) is 8.83. The molecule has 0 aromatic carbocycles. The fourth-order valence-electron chi connectivity index (χ4n) is 1.47. The van der Waals surface area contributed by atoms with Crippen molar-refractivity contribution in [3.05, 3.63) is 0 Å². The second kappa shape index (κ2) is 5.01. The minimum Gasteiger partial charge on any atom is -0.382 e. The molecule has 1 aliphatic heterocycles. The number of aliphatic hydroxyl groups is 1. The predicted molar refractivity (Wildman–Crippen MR) is 48.7 cm³/mol. The van der Waals surface area contributed by atoms with E-state index in [-0.39, 0.29) is 0 Å². The average Bonchev–Trinajstić information content (AvgIpc) is 2.67. The first kappa shape index (κ1) is 13.2. The molecule has 0 saturated carbocycles. The number of likely N-dealkylation sites (N-methyl/N-ethyl adjacent to an activating group) is 1. The molecule has 0 radical (unpaired) electrons. The molecule has 94 valence electrons. The lowest BCUT2D eigenvalue weighted by Crippen LogP contribution is -2.45. The Morgan fingerprint density at radius 2 is 2.25 bits per heavy atom. The molecule has 16 heavy (non-hydrogen) atoms. The fraction of sp³-hybridized carbons (Fsp3) is 0.889. The zero-order chi connectivity index (χ0) is 12.3. The molecule has 0 aliphatic carbocycles. The molecule has 1 rings (SSSR count). The molecule has 1 aliphatic rings. The summed E-state index contributed by atoms with van der Waals surface area (Å²) in [6.07, 6.45) is -6.63. The SMILES string of the molecule is CN(C[C@H](O)C(F)(F)F)C(=O)[C@@H]1CCCO1. The lowest BCUT2D eigenvalue weighted by molar-refractivity contribution is -0.208. The average molecular weight is 241 g/mol. The fourth-order valence-corrected chi connectivity index (χ4v) is 1.47. The molecule has 4 nitrogen and oxygen atoms in total. The summed E-state index contributed by atoms with van der Waals surface area (Å²) in [6.45, 7) is -0.311. The number of hydrogen-bond donors (Lipinski definition) is 1. The maximum absolute atomic E-state index is 12.0. The van der Waals surface area contributed by atoms with Crippen molar-refractivity contribution in [2.75, 3.05) is 20.2 Å². The maximum Gasteiger partial charge on any atom is 0.416 e. The number of ether oxygens (including phenoxy) is 1. The Morgan fingerprint density at radius 3 is 2.69 bits per heavy atom. The standard InChI is InChI=1S/C9H14F3NO3/c1-13(5-7(14)9(10,11)12)8(15)6-3-2-4-16-6/h6-7,14H,2-5H2,1H3/t6-,7-/m0/s1. The van der Waals surface area contributed by atoms with Crippen LogP contribution in [0, 0.1) is 0 Å². The van der Waals surface area contributed by atoms with Crippen molar-refractivity contribution in [2.45, 2.75) is 31.2 Å². The zero-order valence-corrected chi connectivity index (χ0v) is 8.83. The summed E-state index contributed by atoms with van der Waals surface area (Å²) in [7, 11) is 1.22. The number of hydrogen-bond acceptors (Lipinski definition) is 3. The molecule has 1 amide bonds. The van der Waals surface area contributed by atoms with E-state index in [2.05, 4.69) is 0 Å². The first-order valence-corrected chi connectivity index (χ1v) is 4.93. The lowest BCUT2D eigenvalue weighted by Gasteiger charge is -2.24. The van der Waals surface area contributed by atoms with Crippen LogP contribution in [0.25, 0.3) is 0 Å². The molecule has 0 aromatic rings. The van der Waals surface area contributed by atoms with Crippen LogP contribution in [-0.2, 0) is 9.53 Å². The first-order valence-electron chi connectivity index (χ1n) is 4.93. The van der Waals surface area contributed by atoms with E-state index in [0.29, 0.717) is 13.0 Å².